The van der Waals surface area contributed by atoms with Crippen LogP contribution in [0.25, 0.3) is 0 Å². The zero-order valence-corrected chi connectivity index (χ0v) is 10.4. The molecule has 2 heteroatoms. The molecule has 1 heterocycles. The highest BCUT2D eigenvalue weighted by Crippen LogP contribution is 2.22. The molecule has 0 aliphatic carbocycles. The number of thiazole rings is 1. The smallest absolute Gasteiger partial charge is 0.0953 e. The average Bonchev–Trinajstić information content (AvgIpc) is 2.61. The molecule has 0 aliphatic rings. The van der Waals surface area contributed by atoms with E-state index in [0.717, 1.165) is 0 Å². The van der Waals surface area contributed by atoms with Crippen LogP contribution in [0.2, 0.25) is 0 Å². The molecule has 0 aliphatic heterocycles. The third-order valence-corrected chi connectivity index (χ3v) is 3.70. The van der Waals surface area contributed by atoms with Gasteiger partial charge in [0, 0.05) is 17.0 Å². The lowest BCUT2D eigenvalue weighted by molar-refractivity contribution is 0.670. The summed E-state index contributed by atoms with van der Waals surface area (Å²) in [5.74, 6) is 0.587. The van der Waals surface area contributed by atoms with Gasteiger partial charge >= 0.3 is 0 Å². The Bertz CT molecular complexity index is 253. The highest BCUT2D eigenvalue weighted by atomic mass is 32.1. The molecule has 0 saturated carbocycles. The zero-order valence-electron chi connectivity index (χ0n) is 9.55. The second kappa shape index (κ2) is 6.18. The molecule has 0 radical (unpaired) electrons. The van der Waals surface area contributed by atoms with Gasteiger partial charge in [-0.3, -0.25) is 0 Å². The molecule has 1 rings (SSSR count). The van der Waals surface area contributed by atoms with Crippen LogP contribution in [0, 0.1) is 0 Å². The first kappa shape index (κ1) is 11.7. The van der Waals surface area contributed by atoms with Gasteiger partial charge in [0.15, 0.2) is 0 Å². The summed E-state index contributed by atoms with van der Waals surface area (Å²) in [6.45, 7) is 6.67. The monoisotopic (exact) mass is 211 g/mol. The van der Waals surface area contributed by atoms with Gasteiger partial charge in [0.1, 0.15) is 0 Å². The SMILES string of the molecule is CCCCCCc1cnc(C(C)C)s1. The Hall–Kier alpha value is -0.370. The van der Waals surface area contributed by atoms with Gasteiger partial charge in [-0.15, -0.1) is 11.3 Å². The Kier molecular flexibility index (Phi) is 5.16. The van der Waals surface area contributed by atoms with E-state index in [0.29, 0.717) is 5.92 Å². The van der Waals surface area contributed by atoms with Gasteiger partial charge in [-0.05, 0) is 12.8 Å². The Morgan fingerprint density at radius 1 is 1.29 bits per heavy atom. The van der Waals surface area contributed by atoms with Crippen molar-refractivity contribution in [1.82, 2.24) is 4.98 Å². The molecule has 0 N–H and O–H groups in total. The fourth-order valence-corrected chi connectivity index (χ4v) is 2.39. The summed E-state index contributed by atoms with van der Waals surface area (Å²) in [5.41, 5.74) is 0. The summed E-state index contributed by atoms with van der Waals surface area (Å²) < 4.78 is 0. The fourth-order valence-electron chi connectivity index (χ4n) is 1.43. The molecule has 0 bridgehead atoms. The molecule has 0 aromatic carbocycles. The van der Waals surface area contributed by atoms with Crippen LogP contribution in [0.15, 0.2) is 6.20 Å². The van der Waals surface area contributed by atoms with Crippen molar-refractivity contribution in [1.29, 1.82) is 0 Å². The van der Waals surface area contributed by atoms with Crippen LogP contribution < -0.4 is 0 Å². The molecule has 0 saturated heterocycles. The molecule has 14 heavy (non-hydrogen) atoms. The van der Waals surface area contributed by atoms with E-state index < -0.39 is 0 Å². The van der Waals surface area contributed by atoms with E-state index in [9.17, 15) is 0 Å². The van der Waals surface area contributed by atoms with E-state index in [1.807, 2.05) is 11.3 Å². The van der Waals surface area contributed by atoms with E-state index in [1.54, 1.807) is 0 Å². The van der Waals surface area contributed by atoms with Gasteiger partial charge < -0.3 is 0 Å². The number of hydrogen-bond acceptors (Lipinski definition) is 2. The topological polar surface area (TPSA) is 12.9 Å². The predicted octanol–water partition coefficient (Wildman–Crippen LogP) is 4.39. The van der Waals surface area contributed by atoms with Gasteiger partial charge in [0.05, 0.1) is 5.01 Å². The van der Waals surface area contributed by atoms with Crippen molar-refractivity contribution in [3.8, 4) is 0 Å². The van der Waals surface area contributed by atoms with Crippen LogP contribution in [0.5, 0.6) is 0 Å². The molecular formula is C12H21NS. The Labute approximate surface area is 91.6 Å². The Morgan fingerprint density at radius 2 is 2.07 bits per heavy atom. The number of unbranched alkanes of at least 4 members (excludes halogenated alkanes) is 3. The predicted molar refractivity (Wildman–Crippen MR) is 64.0 cm³/mol. The highest BCUT2D eigenvalue weighted by molar-refractivity contribution is 7.11. The van der Waals surface area contributed by atoms with Crippen LogP contribution >= 0.6 is 11.3 Å². The third kappa shape index (κ3) is 3.79. The van der Waals surface area contributed by atoms with Crippen LogP contribution in [0.4, 0.5) is 0 Å². The summed E-state index contributed by atoms with van der Waals surface area (Å²) in [6, 6.07) is 0. The van der Waals surface area contributed by atoms with Crippen LogP contribution in [0.1, 0.15) is 62.3 Å². The van der Waals surface area contributed by atoms with E-state index in [2.05, 4.69) is 32.0 Å². The molecule has 1 aromatic rings. The van der Waals surface area contributed by atoms with Crippen molar-refractivity contribution < 1.29 is 0 Å². The lowest BCUT2D eigenvalue weighted by Gasteiger charge is -1.97. The summed E-state index contributed by atoms with van der Waals surface area (Å²) in [7, 11) is 0. The molecule has 1 nitrogen and oxygen atoms in total. The molecule has 0 fully saturated rings. The van der Waals surface area contributed by atoms with Gasteiger partial charge in [-0.2, -0.15) is 0 Å². The van der Waals surface area contributed by atoms with Crippen molar-refractivity contribution >= 4 is 11.3 Å². The fraction of sp³-hybridized carbons (Fsp3) is 0.750. The zero-order chi connectivity index (χ0) is 10.4. The number of nitrogens with zero attached hydrogens (tertiary/aromatic N) is 1. The highest BCUT2D eigenvalue weighted by Gasteiger charge is 2.04. The molecule has 0 spiro atoms. The van der Waals surface area contributed by atoms with Gasteiger partial charge in [-0.25, -0.2) is 4.98 Å². The van der Waals surface area contributed by atoms with Gasteiger partial charge in [-0.1, -0.05) is 40.0 Å². The van der Waals surface area contributed by atoms with Crippen LogP contribution in [-0.2, 0) is 6.42 Å². The van der Waals surface area contributed by atoms with E-state index in [4.69, 9.17) is 0 Å². The Morgan fingerprint density at radius 3 is 2.64 bits per heavy atom. The van der Waals surface area contributed by atoms with Crippen molar-refractivity contribution in [2.24, 2.45) is 0 Å². The molecule has 1 aromatic heterocycles. The first-order valence-corrected chi connectivity index (χ1v) is 6.50. The van der Waals surface area contributed by atoms with E-state index >= 15 is 0 Å². The standard InChI is InChI=1S/C12H21NS/c1-4-5-6-7-8-11-9-13-12(14-11)10(2)3/h9-10H,4-8H2,1-3H3. The second-order valence-corrected chi connectivity index (χ2v) is 5.28. The average molecular weight is 211 g/mol. The molecule has 80 valence electrons. The molecule has 0 amide bonds. The second-order valence-electron chi connectivity index (χ2n) is 4.13. The van der Waals surface area contributed by atoms with E-state index in [-0.39, 0.29) is 0 Å². The summed E-state index contributed by atoms with van der Waals surface area (Å²) in [5, 5.41) is 1.29. The minimum Gasteiger partial charge on any atom is -0.249 e. The molecule has 0 atom stereocenters. The summed E-state index contributed by atoms with van der Waals surface area (Å²) in [4.78, 5) is 5.90. The number of aromatic nitrogens is 1. The molecular weight excluding hydrogens is 190 g/mol. The third-order valence-electron chi connectivity index (χ3n) is 2.34. The lowest BCUT2D eigenvalue weighted by atomic mass is 10.1. The van der Waals surface area contributed by atoms with Gasteiger partial charge in [0.25, 0.3) is 0 Å². The van der Waals surface area contributed by atoms with Crippen molar-refractivity contribution in [3.63, 3.8) is 0 Å². The summed E-state index contributed by atoms with van der Waals surface area (Å²) >= 11 is 1.89. The number of rotatable bonds is 6. The quantitative estimate of drug-likeness (QED) is 0.636. The van der Waals surface area contributed by atoms with Crippen molar-refractivity contribution in [2.75, 3.05) is 0 Å². The molecule has 0 unspecified atom stereocenters. The summed E-state index contributed by atoms with van der Waals surface area (Å²) in [6.07, 6.45) is 8.67. The maximum atomic E-state index is 4.43. The van der Waals surface area contributed by atoms with Crippen molar-refractivity contribution in [3.05, 3.63) is 16.1 Å². The maximum Gasteiger partial charge on any atom is 0.0953 e. The van der Waals surface area contributed by atoms with Crippen molar-refractivity contribution in [2.45, 2.75) is 58.8 Å². The van der Waals surface area contributed by atoms with Gasteiger partial charge in [0.2, 0.25) is 0 Å². The first-order chi connectivity index (χ1) is 6.74. The maximum absolute atomic E-state index is 4.43. The first-order valence-electron chi connectivity index (χ1n) is 5.68. The van der Waals surface area contributed by atoms with Crippen LogP contribution in [-0.4, -0.2) is 4.98 Å². The minimum absolute atomic E-state index is 0.587. The lowest BCUT2D eigenvalue weighted by Crippen LogP contribution is -1.82. The van der Waals surface area contributed by atoms with Crippen LogP contribution in [0.3, 0.4) is 0 Å². The van der Waals surface area contributed by atoms with E-state index in [1.165, 1.54) is 42.0 Å². The minimum atomic E-state index is 0.587. The Balaban J connectivity index is 2.29. The largest absolute Gasteiger partial charge is 0.249 e. The normalized spacial score (nSPS) is 11.1. The number of hydrogen-bond donors (Lipinski definition) is 0. The number of aryl methyl sites for hydroxylation is 1.